The Morgan fingerprint density at radius 2 is 1.73 bits per heavy atom. The maximum Gasteiger partial charge on any atom is 0.139 e. The van der Waals surface area contributed by atoms with E-state index in [0.29, 0.717) is 12.0 Å². The molecule has 0 aliphatic heterocycles. The SMILES string of the molecule is CC(C)C(=O)CC(=Cc1ccccc1)c1ccccc1C#N. The summed E-state index contributed by atoms with van der Waals surface area (Å²) in [6.45, 7) is 3.80. The van der Waals surface area contributed by atoms with E-state index in [1.165, 1.54) is 0 Å². The average molecular weight is 289 g/mol. The van der Waals surface area contributed by atoms with Crippen molar-refractivity contribution in [3.8, 4) is 6.07 Å². The van der Waals surface area contributed by atoms with Gasteiger partial charge in [-0.05, 0) is 22.8 Å². The first-order valence-electron chi connectivity index (χ1n) is 7.39. The monoisotopic (exact) mass is 289 g/mol. The van der Waals surface area contributed by atoms with E-state index >= 15 is 0 Å². The van der Waals surface area contributed by atoms with Crippen LogP contribution in [0.5, 0.6) is 0 Å². The fourth-order valence-corrected chi connectivity index (χ4v) is 2.23. The number of ketones is 1. The summed E-state index contributed by atoms with van der Waals surface area (Å²) in [6, 6.07) is 19.5. The largest absolute Gasteiger partial charge is 0.299 e. The van der Waals surface area contributed by atoms with E-state index in [2.05, 4.69) is 6.07 Å². The summed E-state index contributed by atoms with van der Waals surface area (Å²) in [5.74, 6) is 0.156. The molecule has 0 N–H and O–H groups in total. The van der Waals surface area contributed by atoms with E-state index in [0.717, 1.165) is 16.7 Å². The normalized spacial score (nSPS) is 11.3. The van der Waals surface area contributed by atoms with Gasteiger partial charge in [0.25, 0.3) is 0 Å². The molecule has 0 atom stereocenters. The molecule has 0 saturated carbocycles. The molecule has 2 nitrogen and oxygen atoms in total. The molecule has 2 rings (SSSR count). The standard InChI is InChI=1S/C20H19NO/c1-15(2)20(22)13-18(12-16-8-4-3-5-9-16)19-11-7-6-10-17(19)14-21/h3-12,15H,13H2,1-2H3. The highest BCUT2D eigenvalue weighted by atomic mass is 16.1. The molecule has 0 saturated heterocycles. The van der Waals surface area contributed by atoms with Crippen LogP contribution in [0.25, 0.3) is 11.6 Å². The number of benzene rings is 2. The maximum atomic E-state index is 12.2. The third-order valence-corrected chi connectivity index (χ3v) is 3.54. The third kappa shape index (κ3) is 3.93. The Morgan fingerprint density at radius 1 is 1.09 bits per heavy atom. The highest BCUT2D eigenvalue weighted by molar-refractivity contribution is 5.97. The molecule has 0 unspecified atom stereocenters. The van der Waals surface area contributed by atoms with Crippen molar-refractivity contribution in [1.82, 2.24) is 0 Å². The molecule has 0 bridgehead atoms. The number of nitriles is 1. The van der Waals surface area contributed by atoms with E-state index < -0.39 is 0 Å². The number of rotatable bonds is 5. The molecule has 0 radical (unpaired) electrons. The van der Waals surface area contributed by atoms with Crippen LogP contribution in [0.15, 0.2) is 54.6 Å². The second kappa shape index (κ2) is 7.38. The lowest BCUT2D eigenvalue weighted by atomic mass is 9.91. The van der Waals surface area contributed by atoms with Crippen molar-refractivity contribution in [3.05, 3.63) is 71.3 Å². The first kappa shape index (κ1) is 15.7. The van der Waals surface area contributed by atoms with Crippen molar-refractivity contribution in [2.75, 3.05) is 0 Å². The van der Waals surface area contributed by atoms with Crippen LogP contribution in [-0.2, 0) is 4.79 Å². The van der Waals surface area contributed by atoms with Crippen LogP contribution >= 0.6 is 0 Å². The number of allylic oxidation sites excluding steroid dienone is 1. The fourth-order valence-electron chi connectivity index (χ4n) is 2.23. The summed E-state index contributed by atoms with van der Waals surface area (Å²) < 4.78 is 0. The Labute approximate surface area is 131 Å². The lowest BCUT2D eigenvalue weighted by Gasteiger charge is -2.11. The number of hydrogen-bond donors (Lipinski definition) is 0. The minimum Gasteiger partial charge on any atom is -0.299 e. The molecular formula is C20H19NO. The minimum atomic E-state index is -0.0200. The Kier molecular flexibility index (Phi) is 5.27. The summed E-state index contributed by atoms with van der Waals surface area (Å²) >= 11 is 0. The van der Waals surface area contributed by atoms with Gasteiger partial charge in [-0.3, -0.25) is 4.79 Å². The molecule has 2 aromatic carbocycles. The number of hydrogen-bond acceptors (Lipinski definition) is 2. The van der Waals surface area contributed by atoms with Crippen LogP contribution in [0.2, 0.25) is 0 Å². The van der Waals surface area contributed by atoms with Crippen LogP contribution < -0.4 is 0 Å². The number of Topliss-reactive ketones (excluding diaryl/α,β-unsaturated/α-hetero) is 1. The van der Waals surface area contributed by atoms with Crippen molar-refractivity contribution in [2.45, 2.75) is 20.3 Å². The van der Waals surface area contributed by atoms with Gasteiger partial charge in [-0.15, -0.1) is 0 Å². The zero-order chi connectivity index (χ0) is 15.9. The number of nitrogens with zero attached hydrogens (tertiary/aromatic N) is 1. The molecule has 0 aliphatic rings. The molecule has 0 fully saturated rings. The van der Waals surface area contributed by atoms with E-state index in [4.69, 9.17) is 0 Å². The van der Waals surface area contributed by atoms with Gasteiger partial charge in [0, 0.05) is 12.3 Å². The van der Waals surface area contributed by atoms with Crippen molar-refractivity contribution < 1.29 is 4.79 Å². The van der Waals surface area contributed by atoms with Crippen LogP contribution in [0.4, 0.5) is 0 Å². The first-order chi connectivity index (χ1) is 10.6. The topological polar surface area (TPSA) is 40.9 Å². The summed E-state index contributed by atoms with van der Waals surface area (Å²) in [5, 5.41) is 9.31. The molecule has 110 valence electrons. The molecule has 0 amide bonds. The van der Waals surface area contributed by atoms with E-state index in [1.54, 1.807) is 6.07 Å². The maximum absolute atomic E-state index is 12.2. The van der Waals surface area contributed by atoms with Gasteiger partial charge in [0.15, 0.2) is 0 Å². The highest BCUT2D eigenvalue weighted by Crippen LogP contribution is 2.26. The zero-order valence-corrected chi connectivity index (χ0v) is 12.9. The van der Waals surface area contributed by atoms with Gasteiger partial charge >= 0.3 is 0 Å². The smallest absolute Gasteiger partial charge is 0.139 e. The molecule has 2 aromatic rings. The van der Waals surface area contributed by atoms with Crippen LogP contribution in [0.1, 0.15) is 37.0 Å². The first-order valence-corrected chi connectivity index (χ1v) is 7.39. The molecule has 0 aromatic heterocycles. The summed E-state index contributed by atoms with van der Waals surface area (Å²) in [6.07, 6.45) is 2.34. The Morgan fingerprint density at radius 3 is 2.36 bits per heavy atom. The molecular weight excluding hydrogens is 270 g/mol. The predicted molar refractivity (Wildman–Crippen MR) is 89.9 cm³/mol. The second-order valence-corrected chi connectivity index (χ2v) is 5.54. The Hall–Kier alpha value is -2.66. The van der Waals surface area contributed by atoms with Gasteiger partial charge in [0.05, 0.1) is 11.6 Å². The number of carbonyl (C=O) groups excluding carboxylic acids is 1. The summed E-state index contributed by atoms with van der Waals surface area (Å²) in [4.78, 5) is 12.2. The van der Waals surface area contributed by atoms with Crippen LogP contribution in [0, 0.1) is 17.2 Å². The second-order valence-electron chi connectivity index (χ2n) is 5.54. The van der Waals surface area contributed by atoms with Crippen molar-refractivity contribution in [3.63, 3.8) is 0 Å². The number of carbonyl (C=O) groups is 1. The molecule has 2 heteroatoms. The predicted octanol–water partition coefficient (Wildman–Crippen LogP) is 4.71. The third-order valence-electron chi connectivity index (χ3n) is 3.54. The van der Waals surface area contributed by atoms with Crippen molar-refractivity contribution in [1.29, 1.82) is 5.26 Å². The van der Waals surface area contributed by atoms with E-state index in [-0.39, 0.29) is 11.7 Å². The molecule has 22 heavy (non-hydrogen) atoms. The van der Waals surface area contributed by atoms with Gasteiger partial charge in [-0.25, -0.2) is 0 Å². The quantitative estimate of drug-likeness (QED) is 0.748. The fraction of sp³-hybridized carbons (Fsp3) is 0.200. The zero-order valence-electron chi connectivity index (χ0n) is 12.9. The van der Waals surface area contributed by atoms with Crippen molar-refractivity contribution in [2.24, 2.45) is 5.92 Å². The van der Waals surface area contributed by atoms with E-state index in [1.807, 2.05) is 68.5 Å². The highest BCUT2D eigenvalue weighted by Gasteiger charge is 2.14. The summed E-state index contributed by atoms with van der Waals surface area (Å²) in [7, 11) is 0. The van der Waals surface area contributed by atoms with Crippen LogP contribution in [-0.4, -0.2) is 5.78 Å². The lowest BCUT2D eigenvalue weighted by molar-refractivity contribution is -0.120. The van der Waals surface area contributed by atoms with Gasteiger partial charge in [-0.1, -0.05) is 68.5 Å². The van der Waals surface area contributed by atoms with Crippen molar-refractivity contribution >= 4 is 17.4 Å². The van der Waals surface area contributed by atoms with E-state index in [9.17, 15) is 10.1 Å². The molecule has 0 heterocycles. The molecule has 0 spiro atoms. The minimum absolute atomic E-state index is 0.0200. The molecule has 0 aliphatic carbocycles. The average Bonchev–Trinajstić information content (AvgIpc) is 2.55. The summed E-state index contributed by atoms with van der Waals surface area (Å²) in [5.41, 5.74) is 3.35. The Bertz CT molecular complexity index is 721. The van der Waals surface area contributed by atoms with Gasteiger partial charge < -0.3 is 0 Å². The van der Waals surface area contributed by atoms with Crippen LogP contribution in [0.3, 0.4) is 0 Å². The van der Waals surface area contributed by atoms with Gasteiger partial charge in [0.2, 0.25) is 0 Å². The lowest BCUT2D eigenvalue weighted by Crippen LogP contribution is -2.08. The Balaban J connectivity index is 2.49. The van der Waals surface area contributed by atoms with Gasteiger partial charge in [0.1, 0.15) is 5.78 Å². The van der Waals surface area contributed by atoms with Gasteiger partial charge in [-0.2, -0.15) is 5.26 Å².